The van der Waals surface area contributed by atoms with Gasteiger partial charge in [0.25, 0.3) is 0 Å². The van der Waals surface area contributed by atoms with E-state index in [0.717, 1.165) is 27.8 Å². The van der Waals surface area contributed by atoms with E-state index < -0.39 is 0 Å². The molecule has 3 heterocycles. The molecular formula is C46H26N4S2. The Morgan fingerprint density at radius 2 is 0.827 bits per heavy atom. The molecule has 4 nitrogen and oxygen atoms in total. The van der Waals surface area contributed by atoms with Crippen LogP contribution in [0.25, 0.3) is 96.8 Å². The van der Waals surface area contributed by atoms with Crippen LogP contribution >= 0.6 is 22.7 Å². The van der Waals surface area contributed by atoms with Gasteiger partial charge in [-0.25, -0.2) is 15.0 Å². The van der Waals surface area contributed by atoms with E-state index in [1.165, 1.54) is 51.5 Å². The number of hydrogen-bond acceptors (Lipinski definition) is 6. The predicted octanol–water partition coefficient (Wildman–Crippen LogP) is 12.8. The maximum Gasteiger partial charge on any atom is 0.164 e. The molecule has 0 aliphatic rings. The molecule has 0 saturated heterocycles. The molecule has 0 bridgehead atoms. The molecule has 6 heteroatoms. The fourth-order valence-corrected chi connectivity index (χ4v) is 9.54. The maximum atomic E-state index is 9.45. The van der Waals surface area contributed by atoms with E-state index >= 15 is 0 Å². The van der Waals surface area contributed by atoms with Crippen LogP contribution in [0.5, 0.6) is 0 Å². The number of nitrogens with zero attached hydrogens (tertiary/aromatic N) is 4. The minimum absolute atomic E-state index is 0.554. The second kappa shape index (κ2) is 12.4. The van der Waals surface area contributed by atoms with Crippen molar-refractivity contribution in [2.24, 2.45) is 0 Å². The first-order valence-electron chi connectivity index (χ1n) is 17.0. The summed E-state index contributed by atoms with van der Waals surface area (Å²) in [6, 6.07) is 56.9. The van der Waals surface area contributed by atoms with Crippen molar-refractivity contribution in [3.8, 4) is 62.5 Å². The number of rotatable bonds is 5. The van der Waals surface area contributed by atoms with E-state index in [9.17, 15) is 5.26 Å². The standard InChI is InChI=1S/C46H26N4S2/c47-27-28-20-22-30(23-21-28)45-48-44(29-10-2-1-3-11-29)49-46(50-45)33-25-31(34-14-8-16-38-36-12-4-6-18-40(36)51-42(34)38)24-32(26-33)35-15-9-17-39-37-13-5-7-19-41(37)52-43(35)39/h1-26H. The summed E-state index contributed by atoms with van der Waals surface area (Å²) < 4.78 is 5.05. The van der Waals surface area contributed by atoms with Crippen molar-refractivity contribution >= 4 is 63.0 Å². The maximum absolute atomic E-state index is 9.45. The molecule has 10 aromatic rings. The lowest BCUT2D eigenvalue weighted by atomic mass is 9.94. The molecule has 0 atom stereocenters. The van der Waals surface area contributed by atoms with Crippen LogP contribution in [0.2, 0.25) is 0 Å². The molecule has 0 radical (unpaired) electrons. The van der Waals surface area contributed by atoms with Gasteiger partial charge in [-0.3, -0.25) is 0 Å². The molecule has 3 aromatic heterocycles. The second-order valence-electron chi connectivity index (χ2n) is 12.7. The fraction of sp³-hybridized carbons (Fsp3) is 0. The fourth-order valence-electron chi connectivity index (χ4n) is 7.06. The first-order chi connectivity index (χ1) is 25.7. The quantitative estimate of drug-likeness (QED) is 0.179. The molecule has 0 amide bonds. The van der Waals surface area contributed by atoms with E-state index in [2.05, 4.69) is 109 Å². The summed E-state index contributed by atoms with van der Waals surface area (Å²) in [5.41, 5.74) is 7.77. The van der Waals surface area contributed by atoms with Gasteiger partial charge in [0.1, 0.15) is 0 Å². The Morgan fingerprint density at radius 3 is 1.37 bits per heavy atom. The van der Waals surface area contributed by atoms with Crippen molar-refractivity contribution in [2.45, 2.75) is 0 Å². The van der Waals surface area contributed by atoms with E-state index in [1.807, 2.05) is 65.1 Å². The first-order valence-corrected chi connectivity index (χ1v) is 18.6. The van der Waals surface area contributed by atoms with Gasteiger partial charge in [-0.1, -0.05) is 103 Å². The largest absolute Gasteiger partial charge is 0.208 e. The van der Waals surface area contributed by atoms with Gasteiger partial charge in [-0.05, 0) is 76.9 Å². The molecule has 242 valence electrons. The first kappa shape index (κ1) is 30.3. The highest BCUT2D eigenvalue weighted by molar-refractivity contribution is 7.26. The van der Waals surface area contributed by atoms with Crippen LogP contribution in [0.1, 0.15) is 5.56 Å². The lowest BCUT2D eigenvalue weighted by molar-refractivity contribution is 1.07. The Morgan fingerprint density at radius 1 is 0.385 bits per heavy atom. The monoisotopic (exact) mass is 698 g/mol. The van der Waals surface area contributed by atoms with Crippen LogP contribution in [0.4, 0.5) is 0 Å². The second-order valence-corrected chi connectivity index (χ2v) is 14.8. The highest BCUT2D eigenvalue weighted by Gasteiger charge is 2.18. The van der Waals surface area contributed by atoms with Crippen LogP contribution in [-0.2, 0) is 0 Å². The Labute approximate surface area is 307 Å². The van der Waals surface area contributed by atoms with Gasteiger partial charge in [0.05, 0.1) is 11.6 Å². The van der Waals surface area contributed by atoms with Crippen LogP contribution in [-0.4, -0.2) is 15.0 Å². The van der Waals surface area contributed by atoms with Crippen LogP contribution < -0.4 is 0 Å². The zero-order valence-corrected chi connectivity index (χ0v) is 29.2. The summed E-state index contributed by atoms with van der Waals surface area (Å²) >= 11 is 3.66. The van der Waals surface area contributed by atoms with Gasteiger partial charge < -0.3 is 0 Å². The minimum Gasteiger partial charge on any atom is -0.208 e. The highest BCUT2D eigenvalue weighted by Crippen LogP contribution is 2.44. The number of hydrogen-bond donors (Lipinski definition) is 0. The molecular weight excluding hydrogens is 673 g/mol. The third-order valence-electron chi connectivity index (χ3n) is 9.56. The van der Waals surface area contributed by atoms with Gasteiger partial charge >= 0.3 is 0 Å². The van der Waals surface area contributed by atoms with Gasteiger partial charge in [0.15, 0.2) is 17.5 Å². The third-order valence-corrected chi connectivity index (χ3v) is 12.0. The van der Waals surface area contributed by atoms with Gasteiger partial charge in [0, 0.05) is 57.0 Å². The smallest absolute Gasteiger partial charge is 0.164 e. The third kappa shape index (κ3) is 5.15. The van der Waals surface area contributed by atoms with Crippen molar-refractivity contribution in [1.82, 2.24) is 15.0 Å². The SMILES string of the molecule is N#Cc1ccc(-c2nc(-c3ccccc3)nc(-c3cc(-c4cccc5c4sc4ccccc45)cc(-c4cccc5c4sc4ccccc45)c3)n2)cc1. The predicted molar refractivity (Wildman–Crippen MR) is 217 cm³/mol. The molecule has 0 aliphatic carbocycles. The van der Waals surface area contributed by atoms with E-state index in [0.29, 0.717) is 23.0 Å². The topological polar surface area (TPSA) is 62.5 Å². The summed E-state index contributed by atoms with van der Waals surface area (Å²) in [5, 5.41) is 14.5. The summed E-state index contributed by atoms with van der Waals surface area (Å²) in [7, 11) is 0. The van der Waals surface area contributed by atoms with E-state index in [1.54, 1.807) is 12.1 Å². The molecule has 0 aliphatic heterocycles. The number of thiophene rings is 2. The lowest BCUT2D eigenvalue weighted by Gasteiger charge is -2.13. The van der Waals surface area contributed by atoms with Crippen LogP contribution in [0, 0.1) is 11.3 Å². The summed E-state index contributed by atoms with van der Waals surface area (Å²) in [6.07, 6.45) is 0. The number of fused-ring (bicyclic) bond motifs is 6. The van der Waals surface area contributed by atoms with Crippen molar-refractivity contribution in [3.63, 3.8) is 0 Å². The minimum atomic E-state index is 0.554. The average Bonchev–Trinajstić information content (AvgIpc) is 3.80. The Kier molecular flexibility index (Phi) is 7.21. The van der Waals surface area contributed by atoms with Crippen LogP contribution in [0.3, 0.4) is 0 Å². The van der Waals surface area contributed by atoms with Crippen LogP contribution in [0.15, 0.2) is 158 Å². The number of nitriles is 1. The Balaban J connectivity index is 1.25. The van der Waals surface area contributed by atoms with Gasteiger partial charge in [-0.2, -0.15) is 5.26 Å². The zero-order valence-electron chi connectivity index (χ0n) is 27.6. The molecule has 10 rings (SSSR count). The highest BCUT2D eigenvalue weighted by atomic mass is 32.1. The van der Waals surface area contributed by atoms with Crippen molar-refractivity contribution in [2.75, 3.05) is 0 Å². The normalized spacial score (nSPS) is 11.4. The molecule has 0 fully saturated rings. The molecule has 0 spiro atoms. The van der Waals surface area contributed by atoms with Crippen molar-refractivity contribution < 1.29 is 0 Å². The van der Waals surface area contributed by atoms with Crippen molar-refractivity contribution in [3.05, 3.63) is 163 Å². The van der Waals surface area contributed by atoms with E-state index in [4.69, 9.17) is 15.0 Å². The number of aromatic nitrogens is 3. The molecule has 0 unspecified atom stereocenters. The Bertz CT molecular complexity index is 2890. The van der Waals surface area contributed by atoms with Crippen molar-refractivity contribution in [1.29, 1.82) is 5.26 Å². The van der Waals surface area contributed by atoms with E-state index in [-0.39, 0.29) is 0 Å². The summed E-state index contributed by atoms with van der Waals surface area (Å²) in [5.74, 6) is 1.73. The Hall–Kier alpha value is -6.52. The molecule has 0 saturated carbocycles. The molecule has 0 N–H and O–H groups in total. The van der Waals surface area contributed by atoms with Gasteiger partial charge in [-0.15, -0.1) is 22.7 Å². The van der Waals surface area contributed by atoms with Gasteiger partial charge in [0.2, 0.25) is 0 Å². The summed E-state index contributed by atoms with van der Waals surface area (Å²) in [4.78, 5) is 15.2. The molecule has 7 aromatic carbocycles. The lowest BCUT2D eigenvalue weighted by Crippen LogP contribution is -2.00. The summed E-state index contributed by atoms with van der Waals surface area (Å²) in [6.45, 7) is 0. The average molecular weight is 699 g/mol. The zero-order chi connectivity index (χ0) is 34.6. The molecule has 52 heavy (non-hydrogen) atoms. The number of benzene rings is 7.